The number of hydrogen-bond donors (Lipinski definition) is 2. The van der Waals surface area contributed by atoms with Crippen molar-refractivity contribution in [1.29, 1.82) is 0 Å². The van der Waals surface area contributed by atoms with Crippen LogP contribution in [-0.2, 0) is 4.79 Å². The molecule has 1 aromatic rings. The third-order valence-corrected chi connectivity index (χ3v) is 6.83. The van der Waals surface area contributed by atoms with Gasteiger partial charge in [-0.3, -0.25) is 9.69 Å². The summed E-state index contributed by atoms with van der Waals surface area (Å²) in [5.41, 5.74) is 1.47. The number of hydrogen-bond acceptors (Lipinski definition) is 4. The van der Waals surface area contributed by atoms with Gasteiger partial charge in [-0.15, -0.1) is 0 Å². The fraction of sp³-hybridized carbons (Fsp3) is 0.667. The van der Waals surface area contributed by atoms with Crippen LogP contribution in [-0.4, -0.2) is 60.8 Å². The molecular weight excluding hydrogens is 345 g/mol. The van der Waals surface area contributed by atoms with Gasteiger partial charge in [0.15, 0.2) is 0 Å². The molecule has 148 valence electrons. The number of rotatable bonds is 2. The van der Waals surface area contributed by atoms with Gasteiger partial charge in [-0.2, -0.15) is 0 Å². The molecule has 0 unspecified atom stereocenters. The molecule has 1 spiro atoms. The van der Waals surface area contributed by atoms with Crippen LogP contribution in [0.5, 0.6) is 0 Å². The third-order valence-electron chi connectivity index (χ3n) is 6.83. The molecule has 5 nitrogen and oxygen atoms in total. The average Bonchev–Trinajstić information content (AvgIpc) is 2.66. The van der Waals surface area contributed by atoms with Gasteiger partial charge in [-0.25, -0.2) is 4.39 Å². The van der Waals surface area contributed by atoms with Crippen molar-refractivity contribution < 1.29 is 14.3 Å². The SMILES string of the molecule is Cc1cc(F)ccc1N1CCC(N2CC[C@@H](O)[C@@]3(CCCNC3=O)C2)CC1. The van der Waals surface area contributed by atoms with Crippen LogP contribution in [0.4, 0.5) is 10.1 Å². The van der Waals surface area contributed by atoms with Crippen molar-refractivity contribution in [2.75, 3.05) is 37.6 Å². The third kappa shape index (κ3) is 3.45. The number of aliphatic hydroxyl groups excluding tert-OH is 1. The molecule has 6 heteroatoms. The fourth-order valence-corrected chi connectivity index (χ4v) is 5.23. The molecule has 3 fully saturated rings. The highest BCUT2D eigenvalue weighted by molar-refractivity contribution is 5.84. The molecule has 27 heavy (non-hydrogen) atoms. The smallest absolute Gasteiger partial charge is 0.230 e. The Hall–Kier alpha value is -1.66. The number of carbonyl (C=O) groups is 1. The lowest BCUT2D eigenvalue weighted by atomic mass is 9.71. The van der Waals surface area contributed by atoms with Gasteiger partial charge in [0.05, 0.1) is 11.5 Å². The first-order chi connectivity index (χ1) is 13.0. The maximum Gasteiger partial charge on any atom is 0.230 e. The number of nitrogens with one attached hydrogen (secondary N) is 1. The van der Waals surface area contributed by atoms with Gasteiger partial charge in [0.2, 0.25) is 5.91 Å². The Labute approximate surface area is 160 Å². The molecule has 0 aliphatic carbocycles. The maximum atomic E-state index is 13.4. The Balaban J connectivity index is 1.41. The highest BCUT2D eigenvalue weighted by Crippen LogP contribution is 2.39. The number of aliphatic hydroxyl groups is 1. The van der Waals surface area contributed by atoms with E-state index in [4.69, 9.17) is 0 Å². The molecule has 1 aromatic carbocycles. The molecule has 3 aliphatic rings. The van der Waals surface area contributed by atoms with E-state index >= 15 is 0 Å². The molecular formula is C21H30FN3O2. The van der Waals surface area contributed by atoms with Crippen molar-refractivity contribution in [2.24, 2.45) is 5.41 Å². The average molecular weight is 375 g/mol. The topological polar surface area (TPSA) is 55.8 Å². The normalized spacial score (nSPS) is 30.6. The van der Waals surface area contributed by atoms with Crippen molar-refractivity contribution in [1.82, 2.24) is 10.2 Å². The van der Waals surface area contributed by atoms with Crippen LogP contribution in [0.25, 0.3) is 0 Å². The number of halogens is 1. The van der Waals surface area contributed by atoms with Gasteiger partial charge in [0.1, 0.15) is 5.82 Å². The minimum atomic E-state index is -0.624. The number of likely N-dealkylation sites (tertiary alicyclic amines) is 1. The summed E-state index contributed by atoms with van der Waals surface area (Å²) in [7, 11) is 0. The number of carbonyl (C=O) groups excluding carboxylic acids is 1. The molecule has 2 atom stereocenters. The minimum Gasteiger partial charge on any atom is -0.392 e. The lowest BCUT2D eigenvalue weighted by molar-refractivity contribution is -0.150. The second-order valence-corrected chi connectivity index (χ2v) is 8.44. The van der Waals surface area contributed by atoms with Crippen molar-refractivity contribution in [3.8, 4) is 0 Å². The predicted molar refractivity (Wildman–Crippen MR) is 103 cm³/mol. The summed E-state index contributed by atoms with van der Waals surface area (Å²) in [5, 5.41) is 13.6. The zero-order valence-corrected chi connectivity index (χ0v) is 16.1. The zero-order chi connectivity index (χ0) is 19.0. The van der Waals surface area contributed by atoms with Gasteiger partial charge in [0.25, 0.3) is 0 Å². The van der Waals surface area contributed by atoms with Crippen molar-refractivity contribution in [3.05, 3.63) is 29.6 Å². The molecule has 3 saturated heterocycles. The van der Waals surface area contributed by atoms with E-state index in [0.29, 0.717) is 19.0 Å². The molecule has 4 rings (SSSR count). The molecule has 0 aromatic heterocycles. The molecule has 0 saturated carbocycles. The maximum absolute atomic E-state index is 13.4. The van der Waals surface area contributed by atoms with Crippen molar-refractivity contribution in [3.63, 3.8) is 0 Å². The van der Waals surface area contributed by atoms with Crippen molar-refractivity contribution >= 4 is 11.6 Å². The largest absolute Gasteiger partial charge is 0.392 e. The van der Waals surface area contributed by atoms with Gasteiger partial charge < -0.3 is 15.3 Å². The first kappa shape index (κ1) is 18.7. The molecule has 3 heterocycles. The van der Waals surface area contributed by atoms with Gasteiger partial charge in [-0.1, -0.05) is 0 Å². The Morgan fingerprint density at radius 2 is 2.00 bits per heavy atom. The first-order valence-corrected chi connectivity index (χ1v) is 10.2. The Morgan fingerprint density at radius 3 is 2.70 bits per heavy atom. The lowest BCUT2D eigenvalue weighted by Gasteiger charge is -2.50. The standard InChI is InChI=1S/C21H30FN3O2/c1-15-13-16(22)3-4-18(15)24-10-5-17(6-11-24)25-12-7-19(26)21(14-25)8-2-9-23-20(21)27/h3-4,13,17,19,26H,2,5-12,14H2,1H3,(H,23,27)/t19-,21-/m1/s1. The number of nitrogens with zero attached hydrogens (tertiary/aromatic N) is 2. The second kappa shape index (κ2) is 7.40. The molecule has 0 bridgehead atoms. The van der Waals surface area contributed by atoms with Gasteiger partial charge in [-0.05, 0) is 62.8 Å². The molecule has 0 radical (unpaired) electrons. The molecule has 3 aliphatic heterocycles. The van der Waals surface area contributed by atoms with E-state index in [-0.39, 0.29) is 11.7 Å². The van der Waals surface area contributed by atoms with E-state index in [1.807, 2.05) is 13.0 Å². The Kier molecular flexibility index (Phi) is 5.12. The Bertz CT molecular complexity index is 705. The quantitative estimate of drug-likeness (QED) is 0.831. The predicted octanol–water partition coefficient (Wildman–Crippen LogP) is 2.07. The van der Waals surface area contributed by atoms with E-state index < -0.39 is 11.5 Å². The van der Waals surface area contributed by atoms with Crippen LogP contribution in [0.2, 0.25) is 0 Å². The van der Waals surface area contributed by atoms with E-state index in [1.54, 1.807) is 6.07 Å². The lowest BCUT2D eigenvalue weighted by Crippen LogP contribution is -2.63. The molecule has 2 N–H and O–H groups in total. The van der Waals surface area contributed by atoms with E-state index in [0.717, 1.165) is 63.1 Å². The highest BCUT2D eigenvalue weighted by Gasteiger charge is 2.50. The summed E-state index contributed by atoms with van der Waals surface area (Å²) < 4.78 is 13.4. The Morgan fingerprint density at radius 1 is 1.22 bits per heavy atom. The van der Waals surface area contributed by atoms with Crippen LogP contribution < -0.4 is 10.2 Å². The number of aryl methyl sites for hydroxylation is 1. The summed E-state index contributed by atoms with van der Waals surface area (Å²) >= 11 is 0. The summed E-state index contributed by atoms with van der Waals surface area (Å²) in [4.78, 5) is 17.4. The summed E-state index contributed by atoms with van der Waals surface area (Å²) in [6, 6.07) is 5.45. The second-order valence-electron chi connectivity index (χ2n) is 8.44. The molecule has 1 amide bonds. The fourth-order valence-electron chi connectivity index (χ4n) is 5.23. The van der Waals surface area contributed by atoms with Crippen LogP contribution in [0.3, 0.4) is 0 Å². The van der Waals surface area contributed by atoms with E-state index in [9.17, 15) is 14.3 Å². The monoisotopic (exact) mass is 375 g/mol. The van der Waals surface area contributed by atoms with Crippen LogP contribution in [0.1, 0.15) is 37.7 Å². The number of anilines is 1. The van der Waals surface area contributed by atoms with Crippen molar-refractivity contribution in [2.45, 2.75) is 51.2 Å². The van der Waals surface area contributed by atoms with Crippen LogP contribution in [0, 0.1) is 18.2 Å². The van der Waals surface area contributed by atoms with E-state index in [2.05, 4.69) is 15.1 Å². The van der Waals surface area contributed by atoms with Crippen LogP contribution in [0.15, 0.2) is 18.2 Å². The summed E-state index contributed by atoms with van der Waals surface area (Å²) in [6.45, 7) is 6.09. The van der Waals surface area contributed by atoms with Gasteiger partial charge >= 0.3 is 0 Å². The first-order valence-electron chi connectivity index (χ1n) is 10.2. The zero-order valence-electron chi connectivity index (χ0n) is 16.1. The number of amides is 1. The van der Waals surface area contributed by atoms with Crippen LogP contribution >= 0.6 is 0 Å². The highest BCUT2D eigenvalue weighted by atomic mass is 19.1. The van der Waals surface area contributed by atoms with Gasteiger partial charge in [0, 0.05) is 44.5 Å². The summed E-state index contributed by atoms with van der Waals surface area (Å²) in [6.07, 6.45) is 3.93. The van der Waals surface area contributed by atoms with E-state index in [1.165, 1.54) is 6.07 Å². The number of piperidine rings is 3. The minimum absolute atomic E-state index is 0.0327. The number of benzene rings is 1. The summed E-state index contributed by atoms with van der Waals surface area (Å²) in [5.74, 6) is -0.153.